The summed E-state index contributed by atoms with van der Waals surface area (Å²) in [4.78, 5) is 0. The van der Waals surface area contributed by atoms with Crippen LogP contribution in [-0.4, -0.2) is 15.8 Å². The minimum atomic E-state index is -0.755. The van der Waals surface area contributed by atoms with Crippen molar-refractivity contribution in [1.82, 2.24) is 0 Å². The topological polar surface area (TPSA) is 53.6 Å². The third-order valence-electron chi connectivity index (χ3n) is 5.03. The van der Waals surface area contributed by atoms with E-state index in [9.17, 15) is 10.2 Å². The summed E-state index contributed by atoms with van der Waals surface area (Å²) in [5.74, 6) is 0.0686. The van der Waals surface area contributed by atoms with Crippen LogP contribution in [0.5, 0.6) is 0 Å². The number of hydrogen-bond donors (Lipinski definition) is 2. The Labute approximate surface area is 108 Å². The standard InChI is InChI=1S/C15H22O3/c1-9-4-10-6-18-7-11(10)13(16)12-5-14(2,3)8-15(9,12)17/h6-7,9,12-13,16-17H,4-5,8H2,1-3H3/t9-,12-,13+,15-/m1/s1. The zero-order valence-corrected chi connectivity index (χ0v) is 11.3. The SMILES string of the molecule is C[C@@H]1Cc2cocc2[C@H](O)[C@H]2CC(C)(C)C[C@@]12O. The van der Waals surface area contributed by atoms with Gasteiger partial charge in [-0.3, -0.25) is 0 Å². The fourth-order valence-electron chi connectivity index (χ4n) is 4.15. The van der Waals surface area contributed by atoms with Gasteiger partial charge in [-0.25, -0.2) is 0 Å². The third kappa shape index (κ3) is 1.57. The highest BCUT2D eigenvalue weighted by molar-refractivity contribution is 5.29. The van der Waals surface area contributed by atoms with Crippen molar-refractivity contribution in [3.8, 4) is 0 Å². The molecule has 2 aliphatic rings. The first-order chi connectivity index (χ1) is 8.33. The Morgan fingerprint density at radius 1 is 1.33 bits per heavy atom. The van der Waals surface area contributed by atoms with E-state index in [4.69, 9.17) is 4.42 Å². The van der Waals surface area contributed by atoms with E-state index in [0.29, 0.717) is 0 Å². The van der Waals surface area contributed by atoms with Crippen LogP contribution in [0.3, 0.4) is 0 Å². The van der Waals surface area contributed by atoms with Gasteiger partial charge in [0.15, 0.2) is 0 Å². The summed E-state index contributed by atoms with van der Waals surface area (Å²) in [5, 5.41) is 21.7. The summed E-state index contributed by atoms with van der Waals surface area (Å²) in [6.07, 6.45) is 5.17. The average Bonchev–Trinajstić information content (AvgIpc) is 2.78. The molecule has 1 aromatic rings. The summed E-state index contributed by atoms with van der Waals surface area (Å²) >= 11 is 0. The molecule has 4 atom stereocenters. The van der Waals surface area contributed by atoms with Crippen LogP contribution in [0, 0.1) is 17.3 Å². The maximum Gasteiger partial charge on any atom is 0.0963 e. The van der Waals surface area contributed by atoms with E-state index in [0.717, 1.165) is 30.4 Å². The summed E-state index contributed by atoms with van der Waals surface area (Å²) in [7, 11) is 0. The van der Waals surface area contributed by atoms with Crippen molar-refractivity contribution in [2.45, 2.75) is 51.7 Å². The zero-order chi connectivity index (χ0) is 13.1. The van der Waals surface area contributed by atoms with Crippen molar-refractivity contribution < 1.29 is 14.6 Å². The number of aliphatic hydroxyl groups excluding tert-OH is 1. The maximum absolute atomic E-state index is 11.1. The van der Waals surface area contributed by atoms with E-state index < -0.39 is 11.7 Å². The number of hydrogen-bond acceptors (Lipinski definition) is 3. The van der Waals surface area contributed by atoms with Gasteiger partial charge in [-0.15, -0.1) is 0 Å². The van der Waals surface area contributed by atoms with E-state index in [2.05, 4.69) is 20.8 Å². The summed E-state index contributed by atoms with van der Waals surface area (Å²) < 4.78 is 5.23. The minimum absolute atomic E-state index is 0.0821. The molecule has 3 heteroatoms. The minimum Gasteiger partial charge on any atom is -0.472 e. The molecule has 18 heavy (non-hydrogen) atoms. The van der Waals surface area contributed by atoms with Crippen molar-refractivity contribution in [3.05, 3.63) is 23.7 Å². The molecule has 0 saturated heterocycles. The van der Waals surface area contributed by atoms with Crippen molar-refractivity contribution in [2.75, 3.05) is 0 Å². The Hall–Kier alpha value is -0.800. The van der Waals surface area contributed by atoms with Crippen molar-refractivity contribution >= 4 is 0 Å². The highest BCUT2D eigenvalue weighted by Gasteiger charge is 2.56. The van der Waals surface area contributed by atoms with Gasteiger partial charge in [0.05, 0.1) is 24.2 Å². The first-order valence-electron chi connectivity index (χ1n) is 6.79. The fraction of sp³-hybridized carbons (Fsp3) is 0.733. The lowest BCUT2D eigenvalue weighted by Gasteiger charge is -2.36. The van der Waals surface area contributed by atoms with Gasteiger partial charge >= 0.3 is 0 Å². The molecular weight excluding hydrogens is 228 g/mol. The highest BCUT2D eigenvalue weighted by atomic mass is 16.3. The molecule has 0 amide bonds. The van der Waals surface area contributed by atoms with Crippen LogP contribution < -0.4 is 0 Å². The highest BCUT2D eigenvalue weighted by Crippen LogP contribution is 2.57. The molecule has 0 spiro atoms. The van der Waals surface area contributed by atoms with E-state index in [1.165, 1.54) is 0 Å². The Balaban J connectivity index is 2.07. The second kappa shape index (κ2) is 3.61. The van der Waals surface area contributed by atoms with Gasteiger partial charge in [0, 0.05) is 11.5 Å². The molecule has 100 valence electrons. The first kappa shape index (κ1) is 12.2. The molecule has 3 nitrogen and oxygen atoms in total. The lowest BCUT2D eigenvalue weighted by molar-refractivity contribution is -0.0845. The lowest BCUT2D eigenvalue weighted by atomic mass is 9.77. The molecule has 1 heterocycles. The van der Waals surface area contributed by atoms with Crippen molar-refractivity contribution in [3.63, 3.8) is 0 Å². The van der Waals surface area contributed by atoms with E-state index in [1.807, 2.05) is 0 Å². The molecule has 3 rings (SSSR count). The molecule has 2 N–H and O–H groups in total. The number of furan rings is 1. The van der Waals surface area contributed by atoms with Gasteiger partial charge in [-0.1, -0.05) is 20.8 Å². The number of aliphatic hydroxyl groups is 2. The van der Waals surface area contributed by atoms with Gasteiger partial charge < -0.3 is 14.6 Å². The Bertz CT molecular complexity index is 462. The second-order valence-corrected chi connectivity index (χ2v) is 7.05. The molecule has 0 bridgehead atoms. The molecule has 2 aliphatic carbocycles. The molecule has 0 aliphatic heterocycles. The predicted octanol–water partition coefficient (Wildman–Crippen LogP) is 2.67. The molecule has 1 saturated carbocycles. The molecule has 0 unspecified atom stereocenters. The van der Waals surface area contributed by atoms with E-state index in [1.54, 1.807) is 12.5 Å². The van der Waals surface area contributed by atoms with E-state index >= 15 is 0 Å². The van der Waals surface area contributed by atoms with Crippen molar-refractivity contribution in [2.24, 2.45) is 17.3 Å². The Kier molecular flexibility index (Phi) is 2.46. The Morgan fingerprint density at radius 2 is 2.06 bits per heavy atom. The summed E-state index contributed by atoms with van der Waals surface area (Å²) in [5.41, 5.74) is 1.27. The van der Waals surface area contributed by atoms with Crippen molar-refractivity contribution in [1.29, 1.82) is 0 Å². The first-order valence-corrected chi connectivity index (χ1v) is 6.79. The number of rotatable bonds is 0. The molecular formula is C15H22O3. The molecule has 0 aromatic carbocycles. The fourth-order valence-corrected chi connectivity index (χ4v) is 4.15. The smallest absolute Gasteiger partial charge is 0.0963 e. The van der Waals surface area contributed by atoms with Crippen LogP contribution in [0.25, 0.3) is 0 Å². The molecule has 1 fully saturated rings. The monoisotopic (exact) mass is 250 g/mol. The van der Waals surface area contributed by atoms with Crippen LogP contribution in [0.4, 0.5) is 0 Å². The van der Waals surface area contributed by atoms with Gasteiger partial charge in [0.25, 0.3) is 0 Å². The average molecular weight is 250 g/mol. The molecule has 1 aromatic heterocycles. The second-order valence-electron chi connectivity index (χ2n) is 7.05. The molecule has 0 radical (unpaired) electrons. The number of fused-ring (bicyclic) bond motifs is 2. The zero-order valence-electron chi connectivity index (χ0n) is 11.3. The third-order valence-corrected chi connectivity index (χ3v) is 5.03. The van der Waals surface area contributed by atoms with Gasteiger partial charge in [-0.2, -0.15) is 0 Å². The summed E-state index contributed by atoms with van der Waals surface area (Å²) in [6, 6.07) is 0. The largest absolute Gasteiger partial charge is 0.472 e. The van der Waals surface area contributed by atoms with Crippen LogP contribution in [0.2, 0.25) is 0 Å². The van der Waals surface area contributed by atoms with Gasteiger partial charge in [-0.05, 0) is 36.2 Å². The van der Waals surface area contributed by atoms with E-state index in [-0.39, 0.29) is 17.3 Å². The normalized spacial score (nSPS) is 42.2. The Morgan fingerprint density at radius 3 is 2.78 bits per heavy atom. The van der Waals surface area contributed by atoms with Crippen LogP contribution >= 0.6 is 0 Å². The predicted molar refractivity (Wildman–Crippen MR) is 68.0 cm³/mol. The van der Waals surface area contributed by atoms with Gasteiger partial charge in [0.2, 0.25) is 0 Å². The van der Waals surface area contributed by atoms with Gasteiger partial charge in [0.1, 0.15) is 0 Å². The van der Waals surface area contributed by atoms with Crippen LogP contribution in [0.1, 0.15) is 50.8 Å². The lowest BCUT2D eigenvalue weighted by Crippen LogP contribution is -2.42. The summed E-state index contributed by atoms with van der Waals surface area (Å²) in [6.45, 7) is 6.44. The quantitative estimate of drug-likeness (QED) is 0.744. The van der Waals surface area contributed by atoms with Crippen LogP contribution in [-0.2, 0) is 6.42 Å². The van der Waals surface area contributed by atoms with Crippen LogP contribution in [0.15, 0.2) is 16.9 Å². The maximum atomic E-state index is 11.1.